The summed E-state index contributed by atoms with van der Waals surface area (Å²) in [4.78, 5) is 17.3. The minimum Gasteiger partial charge on any atom is -0.496 e. The molecule has 21 heavy (non-hydrogen) atoms. The van der Waals surface area contributed by atoms with Crippen LogP contribution >= 0.6 is 11.3 Å². The number of nitrogens with zero attached hydrogens (tertiary/aromatic N) is 2. The number of nitrogens with one attached hydrogen (secondary N) is 1. The normalized spacial score (nSPS) is 10.7. The highest BCUT2D eigenvalue weighted by atomic mass is 32.1. The molecule has 2 aromatic heterocycles. The van der Waals surface area contributed by atoms with Crippen LogP contribution in [-0.2, 0) is 17.8 Å². The second-order valence-corrected chi connectivity index (χ2v) is 5.46. The van der Waals surface area contributed by atoms with Crippen molar-refractivity contribution in [3.8, 4) is 5.75 Å². The van der Waals surface area contributed by atoms with Crippen LogP contribution in [-0.4, -0.2) is 22.4 Å². The van der Waals surface area contributed by atoms with E-state index >= 15 is 0 Å². The monoisotopic (exact) mass is 301 g/mol. The van der Waals surface area contributed by atoms with Crippen LogP contribution in [0.15, 0.2) is 42.0 Å². The Morgan fingerprint density at radius 3 is 3.10 bits per heavy atom. The van der Waals surface area contributed by atoms with Crippen LogP contribution in [0.25, 0.3) is 4.96 Å². The Labute approximate surface area is 126 Å². The first-order valence-electron chi connectivity index (χ1n) is 6.56. The van der Waals surface area contributed by atoms with Crippen molar-refractivity contribution < 1.29 is 9.53 Å². The SMILES string of the molecule is COc1ccccc1CNC(=O)Cc1cn2ccsc2n1. The second kappa shape index (κ2) is 5.97. The Kier molecular flexibility index (Phi) is 3.87. The molecule has 0 aliphatic carbocycles. The van der Waals surface area contributed by atoms with Crippen molar-refractivity contribution in [2.75, 3.05) is 7.11 Å². The highest BCUT2D eigenvalue weighted by molar-refractivity contribution is 7.15. The number of fused-ring (bicyclic) bond motifs is 1. The number of para-hydroxylation sites is 1. The first-order chi connectivity index (χ1) is 10.3. The van der Waals surface area contributed by atoms with E-state index in [1.807, 2.05) is 46.4 Å². The Hall–Kier alpha value is -2.34. The summed E-state index contributed by atoms with van der Waals surface area (Å²) in [6.45, 7) is 0.449. The number of thiazole rings is 1. The predicted octanol–water partition coefficient (Wildman–Crippen LogP) is 2.26. The summed E-state index contributed by atoms with van der Waals surface area (Å²) in [5, 5.41) is 4.86. The van der Waals surface area contributed by atoms with Crippen LogP contribution < -0.4 is 10.1 Å². The molecule has 1 N–H and O–H groups in total. The lowest BCUT2D eigenvalue weighted by Gasteiger charge is -2.08. The summed E-state index contributed by atoms with van der Waals surface area (Å²) in [6, 6.07) is 7.65. The average molecular weight is 301 g/mol. The minimum absolute atomic E-state index is 0.0494. The smallest absolute Gasteiger partial charge is 0.226 e. The fourth-order valence-electron chi connectivity index (χ4n) is 2.13. The van der Waals surface area contributed by atoms with Gasteiger partial charge in [-0.3, -0.25) is 9.20 Å². The first-order valence-corrected chi connectivity index (χ1v) is 7.44. The third kappa shape index (κ3) is 3.05. The number of ether oxygens (including phenoxy) is 1. The number of carbonyl (C=O) groups excluding carboxylic acids is 1. The molecule has 0 saturated carbocycles. The number of imidazole rings is 1. The van der Waals surface area contributed by atoms with Crippen molar-refractivity contribution >= 4 is 22.2 Å². The molecule has 3 aromatic rings. The van der Waals surface area contributed by atoms with E-state index in [9.17, 15) is 4.79 Å². The van der Waals surface area contributed by atoms with Crippen LogP contribution in [0.2, 0.25) is 0 Å². The van der Waals surface area contributed by atoms with Gasteiger partial charge in [0.2, 0.25) is 5.91 Å². The number of aromatic nitrogens is 2. The number of hydrogen-bond donors (Lipinski definition) is 1. The molecule has 0 aliphatic rings. The molecular formula is C15H15N3O2S. The number of rotatable bonds is 5. The van der Waals surface area contributed by atoms with E-state index in [0.29, 0.717) is 6.54 Å². The first kappa shape index (κ1) is 13.6. The molecule has 0 bridgehead atoms. The van der Waals surface area contributed by atoms with Crippen molar-refractivity contribution in [1.29, 1.82) is 0 Å². The van der Waals surface area contributed by atoms with Gasteiger partial charge in [0, 0.05) is 29.9 Å². The molecule has 3 rings (SSSR count). The maximum atomic E-state index is 12.0. The van der Waals surface area contributed by atoms with Crippen molar-refractivity contribution in [3.05, 3.63) is 53.3 Å². The Balaban J connectivity index is 1.60. The zero-order valence-electron chi connectivity index (χ0n) is 11.6. The summed E-state index contributed by atoms with van der Waals surface area (Å²) in [6.07, 6.45) is 4.10. The van der Waals surface area contributed by atoms with Crippen LogP contribution in [0.4, 0.5) is 0 Å². The van der Waals surface area contributed by atoms with Crippen molar-refractivity contribution in [2.24, 2.45) is 0 Å². The summed E-state index contributed by atoms with van der Waals surface area (Å²) in [5.74, 6) is 0.729. The number of carbonyl (C=O) groups is 1. The van der Waals surface area contributed by atoms with Crippen molar-refractivity contribution in [2.45, 2.75) is 13.0 Å². The van der Waals surface area contributed by atoms with E-state index in [1.165, 1.54) is 0 Å². The van der Waals surface area contributed by atoms with Gasteiger partial charge >= 0.3 is 0 Å². The van der Waals surface area contributed by atoms with E-state index in [4.69, 9.17) is 4.74 Å². The fourth-order valence-corrected chi connectivity index (χ4v) is 2.85. The standard InChI is InChI=1S/C15H15N3O2S/c1-20-13-5-3-2-4-11(13)9-16-14(19)8-12-10-18-6-7-21-15(18)17-12/h2-7,10H,8-9H2,1H3,(H,16,19). The second-order valence-electron chi connectivity index (χ2n) is 4.59. The van der Waals surface area contributed by atoms with Gasteiger partial charge < -0.3 is 10.1 Å². The molecule has 0 aliphatic heterocycles. The van der Waals surface area contributed by atoms with Crippen LogP contribution in [0, 0.1) is 0 Å². The molecule has 0 atom stereocenters. The molecule has 0 radical (unpaired) electrons. The molecule has 2 heterocycles. The van der Waals surface area contributed by atoms with Gasteiger partial charge in [-0.2, -0.15) is 0 Å². The van der Waals surface area contributed by atoms with Gasteiger partial charge in [-0.1, -0.05) is 18.2 Å². The third-order valence-electron chi connectivity index (χ3n) is 3.15. The lowest BCUT2D eigenvalue weighted by Crippen LogP contribution is -2.24. The highest BCUT2D eigenvalue weighted by Crippen LogP contribution is 2.17. The molecule has 0 unspecified atom stereocenters. The minimum atomic E-state index is -0.0494. The summed E-state index contributed by atoms with van der Waals surface area (Å²) in [7, 11) is 1.62. The molecule has 5 nitrogen and oxygen atoms in total. The number of amides is 1. The van der Waals surface area contributed by atoms with Crippen LogP contribution in [0.3, 0.4) is 0 Å². The Morgan fingerprint density at radius 2 is 2.29 bits per heavy atom. The Bertz CT molecular complexity index is 734. The average Bonchev–Trinajstić information content (AvgIpc) is 3.06. The third-order valence-corrected chi connectivity index (χ3v) is 3.92. The van der Waals surface area contributed by atoms with Crippen molar-refractivity contribution in [1.82, 2.24) is 14.7 Å². The molecule has 108 valence electrons. The lowest BCUT2D eigenvalue weighted by atomic mass is 10.2. The van der Waals surface area contributed by atoms with Gasteiger partial charge in [-0.05, 0) is 6.07 Å². The predicted molar refractivity (Wildman–Crippen MR) is 81.6 cm³/mol. The highest BCUT2D eigenvalue weighted by Gasteiger charge is 2.09. The van der Waals surface area contributed by atoms with E-state index in [1.54, 1.807) is 18.4 Å². The van der Waals surface area contributed by atoms with E-state index < -0.39 is 0 Å². The number of methoxy groups -OCH3 is 1. The van der Waals surface area contributed by atoms with Gasteiger partial charge in [0.05, 0.1) is 19.2 Å². The molecular weight excluding hydrogens is 286 g/mol. The van der Waals surface area contributed by atoms with Gasteiger partial charge in [0.15, 0.2) is 4.96 Å². The molecule has 1 amide bonds. The molecule has 0 spiro atoms. The lowest BCUT2D eigenvalue weighted by molar-refractivity contribution is -0.120. The van der Waals surface area contributed by atoms with Crippen molar-refractivity contribution in [3.63, 3.8) is 0 Å². The van der Waals surface area contributed by atoms with Gasteiger partial charge in [-0.15, -0.1) is 11.3 Å². The Morgan fingerprint density at radius 1 is 1.43 bits per heavy atom. The summed E-state index contributed by atoms with van der Waals surface area (Å²) >= 11 is 1.55. The largest absolute Gasteiger partial charge is 0.496 e. The number of benzene rings is 1. The van der Waals surface area contributed by atoms with Crippen LogP contribution in [0.5, 0.6) is 5.75 Å². The van der Waals surface area contributed by atoms with Gasteiger partial charge in [0.1, 0.15) is 5.75 Å². The summed E-state index contributed by atoms with van der Waals surface area (Å²) in [5.41, 5.74) is 1.73. The maximum Gasteiger partial charge on any atom is 0.226 e. The summed E-state index contributed by atoms with van der Waals surface area (Å²) < 4.78 is 7.18. The van der Waals surface area contributed by atoms with E-state index in [-0.39, 0.29) is 12.3 Å². The zero-order chi connectivity index (χ0) is 14.7. The van der Waals surface area contributed by atoms with Gasteiger partial charge in [-0.25, -0.2) is 4.98 Å². The molecule has 0 fully saturated rings. The fraction of sp³-hybridized carbons (Fsp3) is 0.200. The van der Waals surface area contributed by atoms with Gasteiger partial charge in [0.25, 0.3) is 0 Å². The number of hydrogen-bond acceptors (Lipinski definition) is 4. The molecule has 6 heteroatoms. The molecule has 0 saturated heterocycles. The maximum absolute atomic E-state index is 12.0. The molecule has 1 aromatic carbocycles. The quantitative estimate of drug-likeness (QED) is 0.786. The van der Waals surface area contributed by atoms with E-state index in [2.05, 4.69) is 10.3 Å². The van der Waals surface area contributed by atoms with E-state index in [0.717, 1.165) is 22.0 Å². The van der Waals surface area contributed by atoms with Crippen LogP contribution in [0.1, 0.15) is 11.3 Å². The zero-order valence-corrected chi connectivity index (χ0v) is 12.4. The topological polar surface area (TPSA) is 55.6 Å².